The Balaban J connectivity index is 2.26. The Kier molecular flexibility index (Phi) is 2.01. The molecule has 3 aromatic rings. The summed E-state index contributed by atoms with van der Waals surface area (Å²) in [4.78, 5) is 13.9. The van der Waals surface area contributed by atoms with Crippen LogP contribution >= 0.6 is 0 Å². The summed E-state index contributed by atoms with van der Waals surface area (Å²) in [6, 6.07) is 13.4. The maximum Gasteiger partial charge on any atom is 0.409 e. The molecule has 3 rings (SSSR count). The predicted molar refractivity (Wildman–Crippen MR) is 67.5 cm³/mol. The van der Waals surface area contributed by atoms with Gasteiger partial charge in [0.1, 0.15) is 0 Å². The van der Waals surface area contributed by atoms with E-state index in [1.54, 1.807) is 6.07 Å². The van der Waals surface area contributed by atoms with Crippen molar-refractivity contribution in [1.29, 1.82) is 0 Å². The Labute approximate surface area is 96.9 Å². The molecule has 84 valence electrons. The van der Waals surface area contributed by atoms with Gasteiger partial charge in [0, 0.05) is 27.5 Å². The van der Waals surface area contributed by atoms with Crippen LogP contribution < -0.4 is 5.32 Å². The van der Waals surface area contributed by atoms with E-state index in [1.807, 2.05) is 36.4 Å². The molecule has 0 aliphatic heterocycles. The van der Waals surface area contributed by atoms with Crippen molar-refractivity contribution in [1.82, 2.24) is 4.98 Å². The number of carboxylic acid groups (broad SMARTS) is 1. The molecule has 0 saturated carbocycles. The Bertz CT molecular complexity index is 716. The van der Waals surface area contributed by atoms with Crippen molar-refractivity contribution in [2.24, 2.45) is 0 Å². The van der Waals surface area contributed by atoms with Gasteiger partial charge in [-0.15, -0.1) is 0 Å². The summed E-state index contributed by atoms with van der Waals surface area (Å²) >= 11 is 0. The molecular formula is C13H10N2O2. The molecule has 0 aliphatic carbocycles. The molecule has 4 heteroatoms. The van der Waals surface area contributed by atoms with Gasteiger partial charge in [-0.3, -0.25) is 5.32 Å². The molecule has 0 unspecified atom stereocenters. The lowest BCUT2D eigenvalue weighted by molar-refractivity contribution is 0.210. The van der Waals surface area contributed by atoms with Crippen LogP contribution in [0.4, 0.5) is 10.5 Å². The molecule has 1 aromatic heterocycles. The van der Waals surface area contributed by atoms with E-state index in [1.165, 1.54) is 0 Å². The number of para-hydroxylation sites is 1. The van der Waals surface area contributed by atoms with E-state index in [9.17, 15) is 4.79 Å². The second-order valence-electron chi connectivity index (χ2n) is 3.86. The molecule has 2 aromatic carbocycles. The van der Waals surface area contributed by atoms with E-state index in [4.69, 9.17) is 5.11 Å². The second kappa shape index (κ2) is 3.52. The van der Waals surface area contributed by atoms with Crippen LogP contribution in [0, 0.1) is 0 Å². The van der Waals surface area contributed by atoms with Gasteiger partial charge in [0.15, 0.2) is 0 Å². The van der Waals surface area contributed by atoms with Crippen LogP contribution in [0.25, 0.3) is 21.8 Å². The lowest BCUT2D eigenvalue weighted by Crippen LogP contribution is -2.06. The molecule has 0 bridgehead atoms. The van der Waals surface area contributed by atoms with E-state index in [0.717, 1.165) is 21.8 Å². The molecule has 0 radical (unpaired) electrons. The van der Waals surface area contributed by atoms with Crippen molar-refractivity contribution in [3.8, 4) is 0 Å². The Morgan fingerprint density at radius 2 is 1.82 bits per heavy atom. The van der Waals surface area contributed by atoms with Crippen molar-refractivity contribution in [2.75, 3.05) is 5.32 Å². The van der Waals surface area contributed by atoms with E-state index in [2.05, 4.69) is 10.3 Å². The van der Waals surface area contributed by atoms with Crippen molar-refractivity contribution < 1.29 is 9.90 Å². The number of rotatable bonds is 1. The Hall–Kier alpha value is -2.49. The van der Waals surface area contributed by atoms with Crippen LogP contribution in [0.2, 0.25) is 0 Å². The number of benzene rings is 2. The summed E-state index contributed by atoms with van der Waals surface area (Å²) in [5.74, 6) is 0. The zero-order chi connectivity index (χ0) is 11.8. The normalized spacial score (nSPS) is 10.8. The van der Waals surface area contributed by atoms with Crippen molar-refractivity contribution >= 4 is 33.6 Å². The number of hydrogen-bond donors (Lipinski definition) is 3. The number of fused-ring (bicyclic) bond motifs is 3. The molecule has 0 fully saturated rings. The first-order chi connectivity index (χ1) is 8.24. The van der Waals surface area contributed by atoms with Gasteiger partial charge in [-0.1, -0.05) is 18.2 Å². The quantitative estimate of drug-likeness (QED) is 0.595. The van der Waals surface area contributed by atoms with Gasteiger partial charge in [-0.05, 0) is 24.3 Å². The molecule has 3 N–H and O–H groups in total. The zero-order valence-electron chi connectivity index (χ0n) is 8.90. The minimum Gasteiger partial charge on any atom is -0.465 e. The first-order valence-electron chi connectivity index (χ1n) is 5.24. The molecule has 0 aliphatic rings. The summed E-state index contributed by atoms with van der Waals surface area (Å²) in [5, 5.41) is 13.2. The third kappa shape index (κ3) is 1.59. The first kappa shape index (κ1) is 9.72. The highest BCUT2D eigenvalue weighted by Gasteiger charge is 2.05. The van der Waals surface area contributed by atoms with Gasteiger partial charge in [0.2, 0.25) is 0 Å². The van der Waals surface area contributed by atoms with Gasteiger partial charge in [0.25, 0.3) is 0 Å². The van der Waals surface area contributed by atoms with Crippen molar-refractivity contribution in [2.45, 2.75) is 0 Å². The summed E-state index contributed by atoms with van der Waals surface area (Å²) in [7, 11) is 0. The average Bonchev–Trinajstić information content (AvgIpc) is 2.66. The summed E-state index contributed by atoms with van der Waals surface area (Å²) < 4.78 is 0. The maximum absolute atomic E-state index is 10.6. The molecule has 1 amide bonds. The van der Waals surface area contributed by atoms with Crippen molar-refractivity contribution in [3.63, 3.8) is 0 Å². The summed E-state index contributed by atoms with van der Waals surface area (Å²) in [6.07, 6.45) is -1.05. The maximum atomic E-state index is 10.6. The molecule has 0 atom stereocenters. The third-order valence-electron chi connectivity index (χ3n) is 2.76. The van der Waals surface area contributed by atoms with Gasteiger partial charge < -0.3 is 10.1 Å². The average molecular weight is 226 g/mol. The number of nitrogens with one attached hydrogen (secondary N) is 2. The van der Waals surface area contributed by atoms with E-state index < -0.39 is 6.09 Å². The number of aromatic amines is 1. The predicted octanol–water partition coefficient (Wildman–Crippen LogP) is 3.41. The van der Waals surface area contributed by atoms with Crippen LogP contribution in [0.3, 0.4) is 0 Å². The standard InChI is InChI=1S/C13H10N2O2/c16-13(17)14-8-5-6-12-10(7-8)9-3-1-2-4-11(9)15-12/h1-7,14-15H,(H,16,17). The van der Waals surface area contributed by atoms with Crippen LogP contribution in [0.15, 0.2) is 42.5 Å². The SMILES string of the molecule is O=C(O)Nc1ccc2[nH]c3ccccc3c2c1. The monoisotopic (exact) mass is 226 g/mol. The highest BCUT2D eigenvalue weighted by atomic mass is 16.4. The Morgan fingerprint density at radius 3 is 2.65 bits per heavy atom. The largest absolute Gasteiger partial charge is 0.465 e. The van der Waals surface area contributed by atoms with Gasteiger partial charge in [-0.2, -0.15) is 0 Å². The van der Waals surface area contributed by atoms with Crippen LogP contribution in [-0.4, -0.2) is 16.2 Å². The molecule has 0 saturated heterocycles. The molecule has 4 nitrogen and oxygen atoms in total. The molecule has 17 heavy (non-hydrogen) atoms. The second-order valence-corrected chi connectivity index (χ2v) is 3.86. The fourth-order valence-electron chi connectivity index (χ4n) is 2.05. The number of H-pyrrole nitrogens is 1. The smallest absolute Gasteiger partial charge is 0.409 e. The van der Waals surface area contributed by atoms with Crippen molar-refractivity contribution in [3.05, 3.63) is 42.5 Å². The molecule has 0 spiro atoms. The first-order valence-corrected chi connectivity index (χ1v) is 5.24. The van der Waals surface area contributed by atoms with E-state index >= 15 is 0 Å². The van der Waals surface area contributed by atoms with Gasteiger partial charge in [-0.25, -0.2) is 4.79 Å². The lowest BCUT2D eigenvalue weighted by atomic mass is 10.1. The fraction of sp³-hybridized carbons (Fsp3) is 0. The van der Waals surface area contributed by atoms with Gasteiger partial charge >= 0.3 is 6.09 Å². The van der Waals surface area contributed by atoms with Crippen LogP contribution in [-0.2, 0) is 0 Å². The minimum absolute atomic E-state index is 0.578. The van der Waals surface area contributed by atoms with E-state index in [-0.39, 0.29) is 0 Å². The van der Waals surface area contributed by atoms with Crippen LogP contribution in [0.1, 0.15) is 0 Å². The molecule has 1 heterocycles. The molecular weight excluding hydrogens is 216 g/mol. The van der Waals surface area contributed by atoms with Crippen LogP contribution in [0.5, 0.6) is 0 Å². The summed E-state index contributed by atoms with van der Waals surface area (Å²) in [6.45, 7) is 0. The number of aromatic nitrogens is 1. The number of carbonyl (C=O) groups is 1. The highest BCUT2D eigenvalue weighted by Crippen LogP contribution is 2.27. The minimum atomic E-state index is -1.05. The lowest BCUT2D eigenvalue weighted by Gasteiger charge is -2.00. The van der Waals surface area contributed by atoms with Gasteiger partial charge in [0.05, 0.1) is 0 Å². The topological polar surface area (TPSA) is 65.1 Å². The fourth-order valence-corrected chi connectivity index (χ4v) is 2.05. The van der Waals surface area contributed by atoms with E-state index in [0.29, 0.717) is 5.69 Å². The Morgan fingerprint density at radius 1 is 1.06 bits per heavy atom. The number of amides is 1. The third-order valence-corrected chi connectivity index (χ3v) is 2.76. The number of hydrogen-bond acceptors (Lipinski definition) is 1. The zero-order valence-corrected chi connectivity index (χ0v) is 8.90. The number of anilines is 1. The highest BCUT2D eigenvalue weighted by molar-refractivity contribution is 6.08. The summed E-state index contributed by atoms with van der Waals surface area (Å²) in [5.41, 5.74) is 2.63.